The van der Waals surface area contributed by atoms with E-state index in [9.17, 15) is 4.79 Å². The molecule has 1 rings (SSSR count). The second-order valence-corrected chi connectivity index (χ2v) is 4.41. The Kier molecular flexibility index (Phi) is 5.95. The lowest BCUT2D eigenvalue weighted by Gasteiger charge is -2.23. The fourth-order valence-electron chi connectivity index (χ4n) is 1.74. The molecule has 18 heavy (non-hydrogen) atoms. The van der Waals surface area contributed by atoms with Gasteiger partial charge in [-0.25, -0.2) is 0 Å². The van der Waals surface area contributed by atoms with E-state index >= 15 is 0 Å². The predicted molar refractivity (Wildman–Crippen MR) is 76.2 cm³/mol. The SMILES string of the molecule is CCN(CC(=O)NC)c1ccc(CNC)cc1Cl. The van der Waals surface area contributed by atoms with Crippen molar-refractivity contribution in [2.45, 2.75) is 13.5 Å². The molecule has 2 N–H and O–H groups in total. The second kappa shape index (κ2) is 7.24. The first kappa shape index (κ1) is 14.8. The zero-order valence-corrected chi connectivity index (χ0v) is 11.8. The Balaban J connectivity index is 2.89. The van der Waals surface area contributed by atoms with Crippen LogP contribution in [0, 0.1) is 0 Å². The van der Waals surface area contributed by atoms with Crippen LogP contribution >= 0.6 is 11.6 Å². The van der Waals surface area contributed by atoms with Gasteiger partial charge in [-0.2, -0.15) is 0 Å². The van der Waals surface area contributed by atoms with Crippen LogP contribution in [0.1, 0.15) is 12.5 Å². The number of likely N-dealkylation sites (N-methyl/N-ethyl adjacent to an activating group) is 2. The third kappa shape index (κ3) is 3.89. The minimum absolute atomic E-state index is 0.0211. The number of benzene rings is 1. The summed E-state index contributed by atoms with van der Waals surface area (Å²) in [5.41, 5.74) is 2.02. The van der Waals surface area contributed by atoms with E-state index in [4.69, 9.17) is 11.6 Å². The quantitative estimate of drug-likeness (QED) is 0.825. The molecule has 0 fully saturated rings. The van der Waals surface area contributed by atoms with Crippen LogP contribution in [-0.2, 0) is 11.3 Å². The van der Waals surface area contributed by atoms with Crippen molar-refractivity contribution < 1.29 is 4.79 Å². The van der Waals surface area contributed by atoms with Crippen LogP contribution in [0.4, 0.5) is 5.69 Å². The summed E-state index contributed by atoms with van der Waals surface area (Å²) in [7, 11) is 3.53. The van der Waals surface area contributed by atoms with Crippen molar-refractivity contribution >= 4 is 23.2 Å². The maximum atomic E-state index is 11.4. The number of carbonyl (C=O) groups is 1. The van der Waals surface area contributed by atoms with Crippen LogP contribution in [0.2, 0.25) is 5.02 Å². The van der Waals surface area contributed by atoms with Gasteiger partial charge in [0.05, 0.1) is 17.3 Å². The molecule has 1 amide bonds. The summed E-state index contributed by atoms with van der Waals surface area (Å²) in [5, 5.41) is 6.37. The Hall–Kier alpha value is -1.26. The number of rotatable bonds is 6. The van der Waals surface area contributed by atoms with E-state index in [2.05, 4.69) is 10.6 Å². The first-order valence-corrected chi connectivity index (χ1v) is 6.38. The maximum absolute atomic E-state index is 11.4. The number of hydrogen-bond acceptors (Lipinski definition) is 3. The molecule has 0 saturated heterocycles. The number of hydrogen-bond donors (Lipinski definition) is 2. The molecule has 0 heterocycles. The Labute approximate surface area is 113 Å². The molecule has 1 aromatic carbocycles. The number of halogens is 1. The van der Waals surface area contributed by atoms with E-state index in [0.717, 1.165) is 24.3 Å². The third-order valence-corrected chi connectivity index (χ3v) is 3.03. The van der Waals surface area contributed by atoms with Crippen molar-refractivity contribution in [3.8, 4) is 0 Å². The summed E-state index contributed by atoms with van der Waals surface area (Å²) >= 11 is 6.26. The van der Waals surface area contributed by atoms with Crippen molar-refractivity contribution in [2.24, 2.45) is 0 Å². The predicted octanol–water partition coefficient (Wildman–Crippen LogP) is 1.63. The molecule has 0 aliphatic heterocycles. The molecule has 0 atom stereocenters. The van der Waals surface area contributed by atoms with Crippen LogP contribution in [0.25, 0.3) is 0 Å². The Morgan fingerprint density at radius 3 is 2.61 bits per heavy atom. The average Bonchev–Trinajstić information content (AvgIpc) is 2.37. The highest BCUT2D eigenvalue weighted by Crippen LogP contribution is 2.26. The van der Waals surface area contributed by atoms with Gasteiger partial charge in [-0.05, 0) is 31.7 Å². The summed E-state index contributed by atoms with van der Waals surface area (Å²) < 4.78 is 0. The maximum Gasteiger partial charge on any atom is 0.239 e. The Morgan fingerprint density at radius 2 is 2.11 bits per heavy atom. The van der Waals surface area contributed by atoms with Crippen LogP contribution in [-0.4, -0.2) is 33.1 Å². The van der Waals surface area contributed by atoms with E-state index in [-0.39, 0.29) is 5.91 Å². The molecule has 0 aliphatic rings. The molecule has 0 unspecified atom stereocenters. The van der Waals surface area contributed by atoms with E-state index in [1.54, 1.807) is 7.05 Å². The van der Waals surface area contributed by atoms with Gasteiger partial charge in [0.15, 0.2) is 0 Å². The van der Waals surface area contributed by atoms with Gasteiger partial charge in [-0.15, -0.1) is 0 Å². The summed E-state index contributed by atoms with van der Waals surface area (Å²) in [4.78, 5) is 13.4. The minimum atomic E-state index is -0.0211. The number of nitrogens with one attached hydrogen (secondary N) is 2. The zero-order chi connectivity index (χ0) is 13.5. The van der Waals surface area contributed by atoms with E-state index in [0.29, 0.717) is 11.6 Å². The molecular weight excluding hydrogens is 250 g/mol. The van der Waals surface area contributed by atoms with Crippen LogP contribution in [0.15, 0.2) is 18.2 Å². The third-order valence-electron chi connectivity index (χ3n) is 2.73. The minimum Gasteiger partial charge on any atom is -0.361 e. The molecule has 0 spiro atoms. The number of carbonyl (C=O) groups excluding carboxylic acids is 1. The normalized spacial score (nSPS) is 10.2. The number of anilines is 1. The largest absolute Gasteiger partial charge is 0.361 e. The van der Waals surface area contributed by atoms with Gasteiger partial charge >= 0.3 is 0 Å². The molecule has 0 bridgehead atoms. The van der Waals surface area contributed by atoms with Gasteiger partial charge in [-0.1, -0.05) is 17.7 Å². The van der Waals surface area contributed by atoms with E-state index in [1.165, 1.54) is 0 Å². The molecule has 5 heteroatoms. The Morgan fingerprint density at radius 1 is 1.39 bits per heavy atom. The second-order valence-electron chi connectivity index (χ2n) is 4.00. The van der Waals surface area contributed by atoms with Crippen LogP contribution in [0.5, 0.6) is 0 Å². The number of nitrogens with zero attached hydrogens (tertiary/aromatic N) is 1. The summed E-state index contributed by atoms with van der Waals surface area (Å²) in [6.07, 6.45) is 0. The summed E-state index contributed by atoms with van der Waals surface area (Å²) in [6, 6.07) is 5.91. The summed E-state index contributed by atoms with van der Waals surface area (Å²) in [6.45, 7) is 3.83. The van der Waals surface area contributed by atoms with Crippen molar-refractivity contribution in [3.05, 3.63) is 28.8 Å². The first-order valence-electron chi connectivity index (χ1n) is 6.00. The highest BCUT2D eigenvalue weighted by molar-refractivity contribution is 6.33. The lowest BCUT2D eigenvalue weighted by molar-refractivity contribution is -0.119. The smallest absolute Gasteiger partial charge is 0.239 e. The van der Waals surface area contributed by atoms with E-state index < -0.39 is 0 Å². The molecule has 0 aliphatic carbocycles. The van der Waals surface area contributed by atoms with Gasteiger partial charge < -0.3 is 15.5 Å². The molecule has 1 aromatic rings. The van der Waals surface area contributed by atoms with Crippen LogP contribution < -0.4 is 15.5 Å². The standard InChI is InChI=1S/C13H20ClN3O/c1-4-17(9-13(18)16-3)12-6-5-10(8-15-2)7-11(12)14/h5-7,15H,4,8-9H2,1-3H3,(H,16,18). The van der Waals surface area contributed by atoms with E-state index in [1.807, 2.05) is 37.1 Å². The van der Waals surface area contributed by atoms with Crippen molar-refractivity contribution in [3.63, 3.8) is 0 Å². The van der Waals surface area contributed by atoms with Gasteiger partial charge in [0, 0.05) is 20.1 Å². The van der Waals surface area contributed by atoms with Crippen molar-refractivity contribution in [1.29, 1.82) is 0 Å². The molecule has 100 valence electrons. The van der Waals surface area contributed by atoms with Crippen molar-refractivity contribution in [2.75, 3.05) is 32.1 Å². The molecule has 0 saturated carbocycles. The molecular formula is C13H20ClN3O. The number of amides is 1. The van der Waals surface area contributed by atoms with Gasteiger partial charge in [-0.3, -0.25) is 4.79 Å². The topological polar surface area (TPSA) is 44.4 Å². The lowest BCUT2D eigenvalue weighted by Crippen LogP contribution is -2.35. The fraction of sp³-hybridized carbons (Fsp3) is 0.462. The monoisotopic (exact) mass is 269 g/mol. The Bertz CT molecular complexity index is 409. The highest BCUT2D eigenvalue weighted by atomic mass is 35.5. The molecule has 0 radical (unpaired) electrons. The lowest BCUT2D eigenvalue weighted by atomic mass is 10.2. The first-order chi connectivity index (χ1) is 8.62. The molecule has 0 aromatic heterocycles. The van der Waals surface area contributed by atoms with Crippen LogP contribution in [0.3, 0.4) is 0 Å². The fourth-order valence-corrected chi connectivity index (χ4v) is 2.06. The summed E-state index contributed by atoms with van der Waals surface area (Å²) in [5.74, 6) is -0.0211. The van der Waals surface area contributed by atoms with Gasteiger partial charge in [0.1, 0.15) is 0 Å². The highest BCUT2D eigenvalue weighted by Gasteiger charge is 2.12. The molecule has 4 nitrogen and oxygen atoms in total. The van der Waals surface area contributed by atoms with Crippen molar-refractivity contribution in [1.82, 2.24) is 10.6 Å². The zero-order valence-electron chi connectivity index (χ0n) is 11.1. The van der Waals surface area contributed by atoms with Gasteiger partial charge in [0.25, 0.3) is 0 Å². The average molecular weight is 270 g/mol. The van der Waals surface area contributed by atoms with Gasteiger partial charge in [0.2, 0.25) is 5.91 Å².